The number of ether oxygens (including phenoxy) is 1. The van der Waals surface area contributed by atoms with E-state index in [0.29, 0.717) is 11.6 Å². The normalized spacial score (nSPS) is 11.2. The standard InChI is InChI=1S/C15H16N4O2/c1-8(2)20-15-18-13(17-14(16)19-15)11-7-10-6-4-5-9(3)12(10)21-11/h4-8H,1-3H3,(H2,16,17,18,19). The number of aromatic nitrogens is 3. The molecule has 0 amide bonds. The van der Waals surface area contributed by atoms with Crippen LogP contribution < -0.4 is 10.5 Å². The van der Waals surface area contributed by atoms with Gasteiger partial charge in [-0.05, 0) is 32.4 Å². The maximum Gasteiger partial charge on any atom is 0.322 e. The Labute approximate surface area is 122 Å². The van der Waals surface area contributed by atoms with Crippen molar-refractivity contribution >= 4 is 16.9 Å². The number of hydrogen-bond acceptors (Lipinski definition) is 6. The van der Waals surface area contributed by atoms with Crippen LogP contribution in [-0.4, -0.2) is 21.1 Å². The molecule has 0 unspecified atom stereocenters. The van der Waals surface area contributed by atoms with Crippen molar-refractivity contribution in [1.82, 2.24) is 15.0 Å². The van der Waals surface area contributed by atoms with E-state index in [2.05, 4.69) is 15.0 Å². The van der Waals surface area contributed by atoms with Gasteiger partial charge in [-0.3, -0.25) is 0 Å². The van der Waals surface area contributed by atoms with Crippen molar-refractivity contribution < 1.29 is 9.15 Å². The van der Waals surface area contributed by atoms with Gasteiger partial charge in [-0.2, -0.15) is 15.0 Å². The summed E-state index contributed by atoms with van der Waals surface area (Å²) in [6, 6.07) is 8.03. The van der Waals surface area contributed by atoms with Crippen molar-refractivity contribution in [3.05, 3.63) is 29.8 Å². The minimum absolute atomic E-state index is 0.0439. The highest BCUT2D eigenvalue weighted by Gasteiger charge is 2.14. The molecule has 6 heteroatoms. The topological polar surface area (TPSA) is 87.1 Å². The molecule has 0 spiro atoms. The largest absolute Gasteiger partial charge is 0.461 e. The maximum absolute atomic E-state index is 5.84. The summed E-state index contributed by atoms with van der Waals surface area (Å²) in [6.07, 6.45) is -0.0439. The van der Waals surface area contributed by atoms with Gasteiger partial charge < -0.3 is 14.9 Å². The van der Waals surface area contributed by atoms with Gasteiger partial charge in [0, 0.05) is 5.39 Å². The third kappa shape index (κ3) is 2.65. The number of hydrogen-bond donors (Lipinski definition) is 1. The third-order valence-corrected chi connectivity index (χ3v) is 2.93. The highest BCUT2D eigenvalue weighted by Crippen LogP contribution is 2.28. The Morgan fingerprint density at radius 2 is 2.00 bits per heavy atom. The first kappa shape index (κ1) is 13.4. The molecule has 2 aromatic heterocycles. The number of anilines is 1. The first-order chi connectivity index (χ1) is 10.0. The maximum atomic E-state index is 5.84. The van der Waals surface area contributed by atoms with E-state index in [-0.39, 0.29) is 18.1 Å². The van der Waals surface area contributed by atoms with Crippen LogP contribution in [0.4, 0.5) is 5.95 Å². The molecule has 6 nitrogen and oxygen atoms in total. The fourth-order valence-corrected chi connectivity index (χ4v) is 2.06. The van der Waals surface area contributed by atoms with Crippen LogP contribution in [0.2, 0.25) is 0 Å². The summed E-state index contributed by atoms with van der Waals surface area (Å²) < 4.78 is 11.3. The molecule has 0 aliphatic carbocycles. The van der Waals surface area contributed by atoms with Crippen LogP contribution in [0, 0.1) is 6.92 Å². The summed E-state index contributed by atoms with van der Waals surface area (Å²) in [4.78, 5) is 12.3. The molecule has 3 rings (SSSR count). The van der Waals surface area contributed by atoms with Gasteiger partial charge in [0.25, 0.3) is 0 Å². The Morgan fingerprint density at radius 1 is 1.19 bits per heavy atom. The molecule has 0 atom stereocenters. The first-order valence-corrected chi connectivity index (χ1v) is 6.70. The fraction of sp³-hybridized carbons (Fsp3) is 0.267. The minimum Gasteiger partial charge on any atom is -0.461 e. The van der Waals surface area contributed by atoms with E-state index >= 15 is 0 Å². The summed E-state index contributed by atoms with van der Waals surface area (Å²) in [7, 11) is 0. The summed E-state index contributed by atoms with van der Waals surface area (Å²) in [5.41, 5.74) is 7.59. The van der Waals surface area contributed by atoms with Gasteiger partial charge in [0.2, 0.25) is 11.8 Å². The van der Waals surface area contributed by atoms with E-state index in [4.69, 9.17) is 14.9 Å². The zero-order valence-corrected chi connectivity index (χ0v) is 12.1. The fourth-order valence-electron chi connectivity index (χ4n) is 2.06. The lowest BCUT2D eigenvalue weighted by molar-refractivity contribution is 0.222. The van der Waals surface area contributed by atoms with Crippen LogP contribution in [-0.2, 0) is 0 Å². The number of rotatable bonds is 3. The van der Waals surface area contributed by atoms with Crippen molar-refractivity contribution in [1.29, 1.82) is 0 Å². The molecule has 0 radical (unpaired) electrons. The van der Waals surface area contributed by atoms with Crippen LogP contribution in [0.3, 0.4) is 0 Å². The molecule has 108 valence electrons. The highest BCUT2D eigenvalue weighted by molar-refractivity contribution is 5.84. The number of nitrogens with two attached hydrogens (primary N) is 1. The second-order valence-electron chi connectivity index (χ2n) is 5.07. The van der Waals surface area contributed by atoms with Gasteiger partial charge >= 0.3 is 6.01 Å². The predicted molar refractivity (Wildman–Crippen MR) is 79.9 cm³/mol. The molecule has 0 fully saturated rings. The lowest BCUT2D eigenvalue weighted by atomic mass is 10.2. The van der Waals surface area contributed by atoms with Crippen molar-refractivity contribution in [2.75, 3.05) is 5.73 Å². The number of fused-ring (bicyclic) bond motifs is 1. The number of benzene rings is 1. The van der Waals surface area contributed by atoms with Crippen molar-refractivity contribution in [2.24, 2.45) is 0 Å². The molecule has 2 heterocycles. The van der Waals surface area contributed by atoms with E-state index in [0.717, 1.165) is 16.5 Å². The molecule has 21 heavy (non-hydrogen) atoms. The summed E-state index contributed by atoms with van der Waals surface area (Å²) in [5, 5.41) is 0.996. The molecule has 1 aromatic carbocycles. The SMILES string of the molecule is Cc1cccc2cc(-c3nc(N)nc(OC(C)C)n3)oc12. The van der Waals surface area contributed by atoms with Crippen LogP contribution >= 0.6 is 0 Å². The van der Waals surface area contributed by atoms with Gasteiger partial charge in [-0.15, -0.1) is 0 Å². The molecular weight excluding hydrogens is 268 g/mol. The van der Waals surface area contributed by atoms with Crippen molar-refractivity contribution in [3.63, 3.8) is 0 Å². The number of aryl methyl sites for hydroxylation is 1. The molecular formula is C15H16N4O2. The van der Waals surface area contributed by atoms with E-state index in [1.54, 1.807) is 0 Å². The van der Waals surface area contributed by atoms with Crippen LogP contribution in [0.25, 0.3) is 22.6 Å². The highest BCUT2D eigenvalue weighted by atomic mass is 16.5. The van der Waals surface area contributed by atoms with Crippen LogP contribution in [0.15, 0.2) is 28.7 Å². The zero-order valence-electron chi connectivity index (χ0n) is 12.1. The Balaban J connectivity index is 2.09. The molecule has 0 aliphatic heterocycles. The van der Waals surface area contributed by atoms with Crippen molar-refractivity contribution in [2.45, 2.75) is 26.9 Å². The van der Waals surface area contributed by atoms with Gasteiger partial charge in [0.1, 0.15) is 5.58 Å². The van der Waals surface area contributed by atoms with Gasteiger partial charge in [0.15, 0.2) is 5.76 Å². The first-order valence-electron chi connectivity index (χ1n) is 6.70. The molecule has 3 aromatic rings. The smallest absolute Gasteiger partial charge is 0.322 e. The second kappa shape index (κ2) is 5.05. The Bertz CT molecular complexity index is 795. The predicted octanol–water partition coefficient (Wildman–Crippen LogP) is 2.96. The lowest BCUT2D eigenvalue weighted by Crippen LogP contribution is -2.10. The van der Waals surface area contributed by atoms with Gasteiger partial charge in [-0.25, -0.2) is 0 Å². The molecule has 0 aliphatic rings. The number of furan rings is 1. The van der Waals surface area contributed by atoms with E-state index in [1.165, 1.54) is 0 Å². The zero-order chi connectivity index (χ0) is 15.0. The molecule has 0 saturated heterocycles. The summed E-state index contributed by atoms with van der Waals surface area (Å²) in [6.45, 7) is 5.78. The van der Waals surface area contributed by atoms with Gasteiger partial charge in [-0.1, -0.05) is 18.2 Å². The number of nitrogen functional groups attached to an aromatic ring is 1. The van der Waals surface area contributed by atoms with Gasteiger partial charge in [0.05, 0.1) is 6.10 Å². The lowest BCUT2D eigenvalue weighted by Gasteiger charge is -2.08. The van der Waals surface area contributed by atoms with Crippen LogP contribution in [0.1, 0.15) is 19.4 Å². The van der Waals surface area contributed by atoms with E-state index in [1.807, 2.05) is 45.0 Å². The second-order valence-corrected chi connectivity index (χ2v) is 5.07. The Hall–Kier alpha value is -2.63. The molecule has 2 N–H and O–H groups in total. The summed E-state index contributed by atoms with van der Waals surface area (Å²) in [5.74, 6) is 1.02. The van der Waals surface area contributed by atoms with E-state index < -0.39 is 0 Å². The third-order valence-electron chi connectivity index (χ3n) is 2.93. The summed E-state index contributed by atoms with van der Waals surface area (Å²) >= 11 is 0. The monoisotopic (exact) mass is 284 g/mol. The quantitative estimate of drug-likeness (QED) is 0.795. The minimum atomic E-state index is -0.0439. The average Bonchev–Trinajstić information content (AvgIpc) is 2.82. The average molecular weight is 284 g/mol. The Kier molecular flexibility index (Phi) is 3.21. The number of para-hydroxylation sites is 1. The molecule has 0 saturated carbocycles. The Morgan fingerprint density at radius 3 is 2.71 bits per heavy atom. The van der Waals surface area contributed by atoms with Crippen LogP contribution in [0.5, 0.6) is 6.01 Å². The molecule has 0 bridgehead atoms. The van der Waals surface area contributed by atoms with Crippen molar-refractivity contribution in [3.8, 4) is 17.6 Å². The number of nitrogens with zero attached hydrogens (tertiary/aromatic N) is 3. The van der Waals surface area contributed by atoms with E-state index in [9.17, 15) is 0 Å².